The Morgan fingerprint density at radius 1 is 0.783 bits per heavy atom. The lowest BCUT2D eigenvalue weighted by Crippen LogP contribution is -2.34. The number of nitro benzene ring substituents is 1. The molecule has 5 aromatic carbocycles. The zero-order chi connectivity index (χ0) is 41.9. The molecule has 1 N–H and O–H groups in total. The van der Waals surface area contributed by atoms with Gasteiger partial charge >= 0.3 is 0 Å². The maximum Gasteiger partial charge on any atom is 0.270 e. The highest BCUT2D eigenvalue weighted by Gasteiger charge is 2.35. The average molecular weight is 815 g/mol. The van der Waals surface area contributed by atoms with E-state index in [2.05, 4.69) is 65.6 Å². The third kappa shape index (κ3) is 8.27. The number of carbonyl (C=O) groups excluding carboxylic acids is 1. The van der Waals surface area contributed by atoms with Crippen molar-refractivity contribution >= 4 is 11.6 Å². The van der Waals surface area contributed by atoms with Crippen molar-refractivity contribution in [1.82, 2.24) is 15.1 Å². The first-order chi connectivity index (χ1) is 29.1. The number of benzene rings is 5. The molecule has 2 atom stereocenters. The maximum absolute atomic E-state index is 12.7. The van der Waals surface area contributed by atoms with E-state index in [1.54, 1.807) is 27.4 Å². The Bertz CT molecular complexity index is 2400. The summed E-state index contributed by atoms with van der Waals surface area (Å²) in [6.45, 7) is 2.36. The van der Waals surface area contributed by atoms with E-state index in [9.17, 15) is 14.9 Å². The van der Waals surface area contributed by atoms with Crippen molar-refractivity contribution in [3.05, 3.63) is 134 Å². The summed E-state index contributed by atoms with van der Waals surface area (Å²) in [6, 6.07) is 26.3. The molecule has 0 aliphatic carbocycles. The van der Waals surface area contributed by atoms with Crippen molar-refractivity contribution in [3.63, 3.8) is 0 Å². The van der Waals surface area contributed by atoms with Crippen molar-refractivity contribution in [1.29, 1.82) is 0 Å². The summed E-state index contributed by atoms with van der Waals surface area (Å²) in [4.78, 5) is 28.1. The highest BCUT2D eigenvalue weighted by Crippen LogP contribution is 2.52. The van der Waals surface area contributed by atoms with Gasteiger partial charge in [-0.15, -0.1) is 0 Å². The Kier molecular flexibility index (Phi) is 11.8. The molecule has 13 nitrogen and oxygen atoms in total. The SMILES string of the molecule is COc1cc2c3cc1Oc1c(OC)c(OC)cc4c1[C@@H](Cc1ccc(OCCCNC(=O)c5cccc([N+](=O)[O-])c5)c(c1)Oc1ccc(cc1)C[C@@H]3N(C)CC2)N(C)CC4. The number of carbonyl (C=O) groups is 1. The second kappa shape index (κ2) is 17.5. The van der Waals surface area contributed by atoms with Gasteiger partial charge in [-0.05, 0) is 123 Å². The van der Waals surface area contributed by atoms with Crippen LogP contribution in [0.25, 0.3) is 0 Å². The van der Waals surface area contributed by atoms with Crippen LogP contribution < -0.4 is 33.7 Å². The minimum Gasteiger partial charge on any atom is -0.493 e. The minimum absolute atomic E-state index is 0.0975. The number of rotatable bonds is 10. The number of amides is 1. The Balaban J connectivity index is 1.14. The van der Waals surface area contributed by atoms with E-state index in [0.717, 1.165) is 49.0 Å². The Morgan fingerprint density at radius 3 is 2.23 bits per heavy atom. The van der Waals surface area contributed by atoms with Crippen molar-refractivity contribution < 1.29 is 38.1 Å². The lowest BCUT2D eigenvalue weighted by molar-refractivity contribution is -0.384. The monoisotopic (exact) mass is 814 g/mol. The molecule has 60 heavy (non-hydrogen) atoms. The van der Waals surface area contributed by atoms with Crippen LogP contribution in [0.1, 0.15) is 62.2 Å². The molecule has 0 fully saturated rings. The Morgan fingerprint density at radius 2 is 1.48 bits per heavy atom. The van der Waals surface area contributed by atoms with Gasteiger partial charge in [0, 0.05) is 55.0 Å². The molecular formula is C47H50N4O9. The number of hydrogen-bond donors (Lipinski definition) is 1. The van der Waals surface area contributed by atoms with E-state index in [-0.39, 0.29) is 29.2 Å². The molecule has 0 spiro atoms. The van der Waals surface area contributed by atoms with Crippen molar-refractivity contribution in [3.8, 4) is 46.0 Å². The molecule has 0 aromatic heterocycles. The summed E-state index contributed by atoms with van der Waals surface area (Å²) in [6.07, 6.45) is 3.60. The summed E-state index contributed by atoms with van der Waals surface area (Å²) < 4.78 is 38.0. The molecule has 4 aliphatic heterocycles. The second-order valence-electron chi connectivity index (χ2n) is 15.5. The van der Waals surface area contributed by atoms with E-state index in [0.29, 0.717) is 72.0 Å². The second-order valence-corrected chi connectivity index (χ2v) is 15.5. The van der Waals surface area contributed by atoms with Gasteiger partial charge in [-0.3, -0.25) is 24.7 Å². The number of non-ortho nitro benzene ring substituents is 1. The largest absolute Gasteiger partial charge is 0.493 e. The van der Waals surface area contributed by atoms with Crippen molar-refractivity contribution in [2.75, 3.05) is 61.7 Å². The van der Waals surface area contributed by atoms with Gasteiger partial charge in [0.05, 0.1) is 32.9 Å². The lowest BCUT2D eigenvalue weighted by Gasteiger charge is -2.37. The number of nitrogens with one attached hydrogen (secondary N) is 1. The number of ether oxygens (including phenoxy) is 6. The summed E-state index contributed by atoms with van der Waals surface area (Å²) in [5.74, 6) is 4.45. The standard InChI is InChI=1S/C47H50N4O9/c1-49-19-16-31-26-40(55-3)42-28-36(31)37(49)22-29-10-13-35(14-11-29)59-41-24-30(23-38-44-32(17-20-50(38)2)27-43(56-4)45(57-5)46(44)60-42)12-15-39(41)58-21-7-18-48-47(52)33-8-6-9-34(25-33)51(53)54/h6,8-15,24-28,37-38H,7,16-23H2,1-5H3,(H,48,52)/t37-,38+/m0/s1. The van der Waals surface area contributed by atoms with Crippen LogP contribution in [0.2, 0.25) is 0 Å². The normalized spacial score (nSPS) is 17.2. The molecule has 13 heteroatoms. The molecular weight excluding hydrogens is 765 g/mol. The van der Waals surface area contributed by atoms with E-state index < -0.39 is 4.92 Å². The van der Waals surface area contributed by atoms with Crippen molar-refractivity contribution in [2.45, 2.75) is 44.2 Å². The molecule has 1 amide bonds. The van der Waals surface area contributed by atoms with Crippen LogP contribution in [0.5, 0.6) is 46.0 Å². The van der Waals surface area contributed by atoms with E-state index in [1.807, 2.05) is 24.3 Å². The summed E-state index contributed by atoms with van der Waals surface area (Å²) >= 11 is 0. The zero-order valence-corrected chi connectivity index (χ0v) is 34.6. The summed E-state index contributed by atoms with van der Waals surface area (Å²) in [5.41, 5.74) is 6.89. The van der Waals surface area contributed by atoms with E-state index in [1.165, 1.54) is 34.9 Å². The smallest absolute Gasteiger partial charge is 0.270 e. The van der Waals surface area contributed by atoms with Crippen molar-refractivity contribution in [2.24, 2.45) is 0 Å². The summed E-state index contributed by atoms with van der Waals surface area (Å²) in [5, 5.41) is 14.0. The predicted octanol–water partition coefficient (Wildman–Crippen LogP) is 8.26. The number of nitrogens with zero attached hydrogens (tertiary/aromatic N) is 3. The van der Waals surface area contributed by atoms with Gasteiger partial charge in [0.2, 0.25) is 5.75 Å². The molecule has 0 saturated heterocycles. The Hall–Kier alpha value is -6.31. The van der Waals surface area contributed by atoms with Crippen LogP contribution in [0, 0.1) is 10.1 Å². The van der Waals surface area contributed by atoms with Crippen LogP contribution >= 0.6 is 0 Å². The van der Waals surface area contributed by atoms with Gasteiger partial charge in [0.15, 0.2) is 34.5 Å². The fraction of sp³-hybridized carbons (Fsp3) is 0.340. The zero-order valence-electron chi connectivity index (χ0n) is 34.6. The van der Waals surface area contributed by atoms with Crippen LogP contribution in [-0.4, -0.2) is 82.3 Å². The fourth-order valence-corrected chi connectivity index (χ4v) is 8.54. The molecule has 6 bridgehead atoms. The van der Waals surface area contributed by atoms with Crippen LogP contribution in [-0.2, 0) is 25.7 Å². The van der Waals surface area contributed by atoms with E-state index >= 15 is 0 Å². The van der Waals surface area contributed by atoms with Gasteiger partial charge in [0.25, 0.3) is 11.6 Å². The number of methoxy groups -OCH3 is 3. The first-order valence-corrected chi connectivity index (χ1v) is 20.3. The van der Waals surface area contributed by atoms with Gasteiger partial charge in [0.1, 0.15) is 5.75 Å². The number of hydrogen-bond acceptors (Lipinski definition) is 11. The molecule has 312 valence electrons. The first kappa shape index (κ1) is 40.5. The maximum atomic E-state index is 12.7. The van der Waals surface area contributed by atoms with E-state index in [4.69, 9.17) is 28.4 Å². The highest BCUT2D eigenvalue weighted by atomic mass is 16.6. The number of nitro groups is 1. The molecule has 9 rings (SSSR count). The fourth-order valence-electron chi connectivity index (χ4n) is 8.54. The molecule has 4 heterocycles. The lowest BCUT2D eigenvalue weighted by atomic mass is 9.87. The molecule has 4 aliphatic rings. The van der Waals surface area contributed by atoms with Crippen LogP contribution in [0.15, 0.2) is 84.9 Å². The predicted molar refractivity (Wildman–Crippen MR) is 227 cm³/mol. The van der Waals surface area contributed by atoms with Gasteiger partial charge in [-0.25, -0.2) is 0 Å². The van der Waals surface area contributed by atoms with Gasteiger partial charge < -0.3 is 33.7 Å². The molecule has 5 aromatic rings. The minimum atomic E-state index is -0.518. The molecule has 0 saturated carbocycles. The average Bonchev–Trinajstić information content (AvgIpc) is 3.26. The number of likely N-dealkylation sites (N-methyl/N-ethyl adjacent to an activating group) is 2. The third-order valence-electron chi connectivity index (χ3n) is 11.8. The number of fused-ring (bicyclic) bond motifs is 2. The van der Waals surface area contributed by atoms with Crippen LogP contribution in [0.4, 0.5) is 5.69 Å². The van der Waals surface area contributed by atoms with Gasteiger partial charge in [-0.1, -0.05) is 24.3 Å². The van der Waals surface area contributed by atoms with Gasteiger partial charge in [-0.2, -0.15) is 0 Å². The topological polar surface area (TPSA) is 134 Å². The van der Waals surface area contributed by atoms with Crippen LogP contribution in [0.3, 0.4) is 0 Å². The molecule has 0 radical (unpaired) electrons. The highest BCUT2D eigenvalue weighted by molar-refractivity contribution is 5.94. The third-order valence-corrected chi connectivity index (χ3v) is 11.8. The molecule has 0 unspecified atom stereocenters. The Labute approximate surface area is 349 Å². The quantitative estimate of drug-likeness (QED) is 0.0830. The first-order valence-electron chi connectivity index (χ1n) is 20.3. The summed E-state index contributed by atoms with van der Waals surface area (Å²) in [7, 11) is 9.28.